The van der Waals surface area contributed by atoms with Crippen LogP contribution in [-0.2, 0) is 10.8 Å². The molecule has 224 valence electrons. The van der Waals surface area contributed by atoms with Gasteiger partial charge in [0.2, 0.25) is 0 Å². The fraction of sp³-hybridized carbons (Fsp3) is 0.190. The van der Waals surface area contributed by atoms with E-state index in [4.69, 9.17) is 9.07 Å². The van der Waals surface area contributed by atoms with E-state index < -0.39 is 0 Å². The van der Waals surface area contributed by atoms with Gasteiger partial charge in [0.05, 0.1) is 5.69 Å². The van der Waals surface area contributed by atoms with Crippen molar-refractivity contribution in [1.29, 1.82) is 0 Å². The average molecular weight is 598 g/mol. The van der Waals surface area contributed by atoms with Crippen molar-refractivity contribution in [3.63, 3.8) is 0 Å². The summed E-state index contributed by atoms with van der Waals surface area (Å²) < 4.78 is 13.9. The highest BCUT2D eigenvalue weighted by atomic mass is 16.4. The van der Waals surface area contributed by atoms with Crippen LogP contribution in [0.15, 0.2) is 114 Å². The smallest absolute Gasteiger partial charge is 0.432 e. The van der Waals surface area contributed by atoms with Crippen LogP contribution in [-0.4, -0.2) is 6.92 Å². The third-order valence-corrected chi connectivity index (χ3v) is 9.95. The van der Waals surface area contributed by atoms with Gasteiger partial charge in [-0.1, -0.05) is 114 Å². The molecule has 6 aromatic carbocycles. The normalized spacial score (nSPS) is 14.0. The summed E-state index contributed by atoms with van der Waals surface area (Å²) >= 11 is 0. The largest absolute Gasteiger partial charge is 0.551 e. The predicted octanol–water partition coefficient (Wildman–Crippen LogP) is 10.3. The summed E-state index contributed by atoms with van der Waals surface area (Å²) in [6.45, 7) is 13.5. The number of fused-ring (bicyclic) bond motifs is 10. The first-order valence-electron chi connectivity index (χ1n) is 16.3. The molecule has 7 aromatic rings. The molecule has 1 aromatic heterocycles. The maximum Gasteiger partial charge on any atom is 0.432 e. The average Bonchev–Trinajstić information content (AvgIpc) is 3.42. The van der Waals surface area contributed by atoms with Gasteiger partial charge in [0.15, 0.2) is 5.58 Å². The minimum Gasteiger partial charge on any atom is -0.551 e. The molecule has 3 nitrogen and oxygen atoms in total. The van der Waals surface area contributed by atoms with Gasteiger partial charge in [-0.2, -0.15) is 0 Å². The van der Waals surface area contributed by atoms with Crippen molar-refractivity contribution in [3.8, 4) is 16.9 Å². The Bertz CT molecular complexity index is 2350. The fourth-order valence-electron chi connectivity index (χ4n) is 7.50. The van der Waals surface area contributed by atoms with E-state index in [-0.39, 0.29) is 17.7 Å². The molecule has 0 bridgehead atoms. The summed E-state index contributed by atoms with van der Waals surface area (Å²) in [5, 5.41) is 4.66. The molecule has 0 aliphatic carbocycles. The number of rotatable bonds is 1. The molecule has 4 heteroatoms. The SMILES string of the molecule is CC(C)(C)c1cc(N2c3ccc4ccccc4c3B3Oc4ccccc4-c4cc5c(oc6ccccc65)c2c43)cc(C(C)(C)C)c1. The zero-order chi connectivity index (χ0) is 31.5. The molecule has 0 saturated heterocycles. The van der Waals surface area contributed by atoms with E-state index in [1.54, 1.807) is 0 Å². The Kier molecular flexibility index (Phi) is 5.53. The molecular formula is C42H36BNO2. The third-order valence-electron chi connectivity index (χ3n) is 9.95. The molecule has 3 heterocycles. The van der Waals surface area contributed by atoms with Crippen LogP contribution in [0.3, 0.4) is 0 Å². The van der Waals surface area contributed by atoms with Gasteiger partial charge in [-0.15, -0.1) is 0 Å². The van der Waals surface area contributed by atoms with Crippen molar-refractivity contribution in [3.05, 3.63) is 120 Å². The summed E-state index contributed by atoms with van der Waals surface area (Å²) in [6, 6.07) is 39.6. The fourth-order valence-corrected chi connectivity index (χ4v) is 7.50. The molecule has 2 aliphatic heterocycles. The van der Waals surface area contributed by atoms with Gasteiger partial charge in [-0.05, 0) is 74.7 Å². The molecule has 0 N–H and O–H groups in total. The Hall–Kier alpha value is -4.96. The van der Waals surface area contributed by atoms with Crippen molar-refractivity contribution < 1.29 is 9.07 Å². The van der Waals surface area contributed by atoms with E-state index in [0.717, 1.165) is 55.8 Å². The van der Waals surface area contributed by atoms with Crippen LogP contribution in [0.25, 0.3) is 43.8 Å². The molecule has 2 aliphatic rings. The molecule has 46 heavy (non-hydrogen) atoms. The second-order valence-corrected chi connectivity index (χ2v) is 15.0. The lowest BCUT2D eigenvalue weighted by Gasteiger charge is -2.40. The minimum atomic E-state index is -0.289. The monoisotopic (exact) mass is 597 g/mol. The van der Waals surface area contributed by atoms with E-state index in [1.807, 2.05) is 0 Å². The van der Waals surface area contributed by atoms with E-state index in [9.17, 15) is 0 Å². The summed E-state index contributed by atoms with van der Waals surface area (Å²) in [7, 11) is 0. The Morgan fingerprint density at radius 2 is 1.26 bits per heavy atom. The molecule has 0 radical (unpaired) electrons. The first kappa shape index (κ1) is 27.4. The summed E-state index contributed by atoms with van der Waals surface area (Å²) in [5.74, 6) is 0.912. The number of para-hydroxylation sites is 2. The van der Waals surface area contributed by atoms with Gasteiger partial charge in [0.25, 0.3) is 0 Å². The van der Waals surface area contributed by atoms with Crippen LogP contribution in [0.1, 0.15) is 52.7 Å². The highest BCUT2D eigenvalue weighted by Crippen LogP contribution is 2.49. The van der Waals surface area contributed by atoms with Gasteiger partial charge < -0.3 is 14.0 Å². The lowest BCUT2D eigenvalue weighted by Crippen LogP contribution is -2.56. The van der Waals surface area contributed by atoms with Gasteiger partial charge >= 0.3 is 6.92 Å². The molecule has 0 fully saturated rings. The predicted molar refractivity (Wildman–Crippen MR) is 194 cm³/mol. The zero-order valence-electron chi connectivity index (χ0n) is 27.2. The highest BCUT2D eigenvalue weighted by molar-refractivity contribution is 6.87. The number of nitrogens with zero attached hydrogens (tertiary/aromatic N) is 1. The lowest BCUT2D eigenvalue weighted by molar-refractivity contribution is 0.568. The van der Waals surface area contributed by atoms with Crippen molar-refractivity contribution >= 4 is 67.6 Å². The zero-order valence-corrected chi connectivity index (χ0v) is 27.2. The quantitative estimate of drug-likeness (QED) is 0.176. The lowest BCUT2D eigenvalue weighted by atomic mass is 9.48. The van der Waals surface area contributed by atoms with Gasteiger partial charge in [-0.3, -0.25) is 0 Å². The number of hydrogen-bond acceptors (Lipinski definition) is 3. The number of benzene rings is 6. The van der Waals surface area contributed by atoms with Gasteiger partial charge in [0, 0.05) is 38.6 Å². The number of hydrogen-bond donors (Lipinski definition) is 0. The number of anilines is 3. The standard InChI is InChI=1S/C42H36BNO2/c1-41(2,3)26-21-27(42(4,5)6)23-28(22-26)44-34-20-19-25-13-7-8-14-29(25)37(34)43-38-32(30-15-10-12-18-36(30)46-43)24-33-31-16-9-11-17-35(31)45-40(33)39(38)44/h7-24H,1-6H3. The van der Waals surface area contributed by atoms with Crippen LogP contribution in [0.2, 0.25) is 0 Å². The maximum atomic E-state index is 7.07. The Balaban J connectivity index is 1.49. The van der Waals surface area contributed by atoms with Crippen LogP contribution in [0.5, 0.6) is 5.75 Å². The molecule has 0 amide bonds. The Morgan fingerprint density at radius 3 is 2.02 bits per heavy atom. The van der Waals surface area contributed by atoms with Crippen molar-refractivity contribution in [1.82, 2.24) is 0 Å². The van der Waals surface area contributed by atoms with E-state index in [1.165, 1.54) is 32.9 Å². The highest BCUT2D eigenvalue weighted by Gasteiger charge is 2.45. The molecule has 0 saturated carbocycles. The molecular weight excluding hydrogens is 561 g/mol. The van der Waals surface area contributed by atoms with Gasteiger partial charge in [0.1, 0.15) is 11.3 Å². The topological polar surface area (TPSA) is 25.6 Å². The summed E-state index contributed by atoms with van der Waals surface area (Å²) in [5.41, 5.74) is 12.3. The van der Waals surface area contributed by atoms with Crippen molar-refractivity contribution in [2.24, 2.45) is 0 Å². The van der Waals surface area contributed by atoms with Crippen LogP contribution >= 0.6 is 0 Å². The number of furan rings is 1. The minimum absolute atomic E-state index is 0.0343. The molecule has 9 rings (SSSR count). The second kappa shape index (κ2) is 9.29. The summed E-state index contributed by atoms with van der Waals surface area (Å²) in [6.07, 6.45) is 0. The van der Waals surface area contributed by atoms with Gasteiger partial charge in [-0.25, -0.2) is 0 Å². The Labute approximate surface area is 270 Å². The maximum absolute atomic E-state index is 7.07. The first-order chi connectivity index (χ1) is 22.1. The van der Waals surface area contributed by atoms with E-state index >= 15 is 0 Å². The van der Waals surface area contributed by atoms with Crippen LogP contribution < -0.4 is 20.5 Å². The van der Waals surface area contributed by atoms with Crippen molar-refractivity contribution in [2.45, 2.75) is 52.4 Å². The van der Waals surface area contributed by atoms with Crippen LogP contribution in [0, 0.1) is 0 Å². The molecule has 0 unspecified atom stereocenters. The van der Waals surface area contributed by atoms with E-state index in [2.05, 4.69) is 156 Å². The second-order valence-electron chi connectivity index (χ2n) is 15.0. The van der Waals surface area contributed by atoms with Crippen molar-refractivity contribution in [2.75, 3.05) is 4.90 Å². The first-order valence-corrected chi connectivity index (χ1v) is 16.3. The Morgan fingerprint density at radius 1 is 0.587 bits per heavy atom. The summed E-state index contributed by atoms with van der Waals surface area (Å²) in [4.78, 5) is 2.48. The van der Waals surface area contributed by atoms with Crippen LogP contribution in [0.4, 0.5) is 17.1 Å². The third kappa shape index (κ3) is 3.86. The molecule has 0 spiro atoms. The molecule has 0 atom stereocenters. The van der Waals surface area contributed by atoms with E-state index in [0.29, 0.717) is 0 Å².